The van der Waals surface area contributed by atoms with Crippen molar-refractivity contribution in [3.8, 4) is 0 Å². The molecule has 2 saturated heterocycles. The molecule has 3 N–H and O–H groups in total. The van der Waals surface area contributed by atoms with Gasteiger partial charge in [0.1, 0.15) is 0 Å². The molecule has 43 heavy (non-hydrogen) atoms. The van der Waals surface area contributed by atoms with Gasteiger partial charge in [0.25, 0.3) is 11.8 Å². The minimum Gasteiger partial charge on any atom is -0.385 e. The van der Waals surface area contributed by atoms with Crippen molar-refractivity contribution in [2.45, 2.75) is 63.2 Å². The Balaban J connectivity index is 0.977. The van der Waals surface area contributed by atoms with Crippen LogP contribution < -0.4 is 16.0 Å². The van der Waals surface area contributed by atoms with Gasteiger partial charge in [-0.15, -0.1) is 0 Å². The number of carbonyl (C=O) groups is 5. The average molecular weight is 582 g/mol. The van der Waals surface area contributed by atoms with Crippen LogP contribution in [-0.4, -0.2) is 59.1 Å². The van der Waals surface area contributed by atoms with E-state index in [1.54, 1.807) is 12.1 Å². The van der Waals surface area contributed by atoms with Crippen LogP contribution in [0.5, 0.6) is 0 Å². The van der Waals surface area contributed by atoms with E-state index in [9.17, 15) is 24.0 Å². The van der Waals surface area contributed by atoms with E-state index in [0.29, 0.717) is 30.1 Å². The third kappa shape index (κ3) is 6.00. The van der Waals surface area contributed by atoms with E-state index in [1.165, 1.54) is 5.56 Å². The van der Waals surface area contributed by atoms with E-state index in [2.05, 4.69) is 33.1 Å². The Bertz CT molecular complexity index is 1610. The number of benzene rings is 2. The number of carbonyl (C=O) groups excluding carboxylic acids is 5. The Kier molecular flexibility index (Phi) is 8.18. The fourth-order valence-corrected chi connectivity index (χ4v) is 6.50. The highest BCUT2D eigenvalue weighted by atomic mass is 16.2. The largest absolute Gasteiger partial charge is 0.385 e. The van der Waals surface area contributed by atoms with Crippen molar-refractivity contribution < 1.29 is 24.0 Å². The lowest BCUT2D eigenvalue weighted by Crippen LogP contribution is -2.40. The van der Waals surface area contributed by atoms with Crippen LogP contribution in [0.4, 0.5) is 5.69 Å². The molecule has 6 rings (SSSR count). The molecule has 1 unspecified atom stereocenters. The van der Waals surface area contributed by atoms with Gasteiger partial charge in [-0.1, -0.05) is 24.6 Å². The molecule has 5 amide bonds. The molecule has 3 aliphatic rings. The van der Waals surface area contributed by atoms with Gasteiger partial charge >= 0.3 is 0 Å². The van der Waals surface area contributed by atoms with E-state index in [4.69, 9.17) is 0 Å². The number of hydrogen-bond donors (Lipinski definition) is 3. The van der Waals surface area contributed by atoms with Crippen molar-refractivity contribution in [1.82, 2.24) is 20.5 Å². The van der Waals surface area contributed by atoms with Crippen LogP contribution in [0.15, 0.2) is 48.7 Å². The average Bonchev–Trinajstić information content (AvgIpc) is 3.31. The summed E-state index contributed by atoms with van der Waals surface area (Å²) in [6.45, 7) is 2.10. The molecule has 222 valence electrons. The number of hydrogen-bond acceptors (Lipinski definition) is 7. The van der Waals surface area contributed by atoms with E-state index in [0.717, 1.165) is 56.1 Å². The number of nitrogens with zero attached hydrogens (tertiary/aromatic N) is 2. The molecule has 0 saturated carbocycles. The molecule has 10 nitrogen and oxygen atoms in total. The lowest BCUT2D eigenvalue weighted by molar-refractivity contribution is -0.134. The molecule has 0 aliphatic carbocycles. The summed E-state index contributed by atoms with van der Waals surface area (Å²) in [6.07, 6.45) is 7.21. The standard InChI is InChI=1S/C33H35N5O5/c39-27-12-10-23(31(41)36-27)29-26(11-9-24-30(29)33(43)37-32(24)42)34-15-5-1-2-8-28(40)38-16-13-20(14-17-38)22-18-21-6-3-4-7-25(21)35-19-22/h3-4,6-7,9,11,18-20,23,34H,1-2,5,8,10,12-17H2,(H,36,39,41)(H,37,42,43). The minimum atomic E-state index is -0.703. The second-order valence-corrected chi connectivity index (χ2v) is 11.6. The second-order valence-electron chi connectivity index (χ2n) is 11.6. The van der Waals surface area contributed by atoms with Gasteiger partial charge in [-0.05, 0) is 67.9 Å². The van der Waals surface area contributed by atoms with Gasteiger partial charge in [-0.25, -0.2) is 0 Å². The monoisotopic (exact) mass is 581 g/mol. The first kappa shape index (κ1) is 28.5. The molecular weight excluding hydrogens is 546 g/mol. The van der Waals surface area contributed by atoms with Crippen LogP contribution in [0.25, 0.3) is 10.9 Å². The number of piperidine rings is 2. The number of amides is 5. The highest BCUT2D eigenvalue weighted by Crippen LogP contribution is 2.37. The smallest absolute Gasteiger partial charge is 0.259 e. The molecule has 10 heteroatoms. The molecule has 3 aliphatic heterocycles. The molecule has 0 radical (unpaired) electrons. The first-order valence-electron chi connectivity index (χ1n) is 15.1. The summed E-state index contributed by atoms with van der Waals surface area (Å²) in [5.74, 6) is -1.91. The van der Waals surface area contributed by atoms with Crippen LogP contribution in [-0.2, 0) is 14.4 Å². The normalized spacial score (nSPS) is 18.9. The number of anilines is 1. The van der Waals surface area contributed by atoms with Crippen LogP contribution in [0, 0.1) is 0 Å². The number of unbranched alkanes of at least 4 members (excludes halogenated alkanes) is 2. The maximum Gasteiger partial charge on any atom is 0.259 e. The molecule has 0 bridgehead atoms. The Hall–Kier alpha value is -4.60. The maximum atomic E-state index is 12.9. The number of aromatic nitrogens is 1. The molecule has 1 atom stereocenters. The van der Waals surface area contributed by atoms with E-state index >= 15 is 0 Å². The fraction of sp³-hybridized carbons (Fsp3) is 0.394. The highest BCUT2D eigenvalue weighted by Gasteiger charge is 2.38. The van der Waals surface area contributed by atoms with Gasteiger partial charge < -0.3 is 10.2 Å². The second kappa shape index (κ2) is 12.3. The predicted molar refractivity (Wildman–Crippen MR) is 161 cm³/mol. The van der Waals surface area contributed by atoms with Gasteiger partial charge in [-0.2, -0.15) is 0 Å². The lowest BCUT2D eigenvalue weighted by Gasteiger charge is -2.32. The number of fused-ring (bicyclic) bond motifs is 2. The number of imide groups is 2. The summed E-state index contributed by atoms with van der Waals surface area (Å²) in [5.41, 5.74) is 3.76. The first-order valence-corrected chi connectivity index (χ1v) is 15.1. The van der Waals surface area contributed by atoms with Crippen molar-refractivity contribution in [3.63, 3.8) is 0 Å². The van der Waals surface area contributed by atoms with E-state index < -0.39 is 23.6 Å². The Labute approximate surface area is 249 Å². The third-order valence-corrected chi connectivity index (χ3v) is 8.85. The SMILES string of the molecule is O=C1CCC(c2c(NCCCCCC(=O)N3CCC(c4cnc5ccccc5c4)CC3)ccc3c2C(=O)NC3=O)C(=O)N1. The molecule has 2 aromatic carbocycles. The summed E-state index contributed by atoms with van der Waals surface area (Å²) >= 11 is 0. The molecule has 2 fully saturated rings. The number of likely N-dealkylation sites (tertiary alicyclic amines) is 1. The van der Waals surface area contributed by atoms with Gasteiger partial charge in [0, 0.05) is 55.3 Å². The summed E-state index contributed by atoms with van der Waals surface area (Å²) in [4.78, 5) is 68.7. The van der Waals surface area contributed by atoms with Crippen molar-refractivity contribution in [2.24, 2.45) is 0 Å². The third-order valence-electron chi connectivity index (χ3n) is 8.85. The van der Waals surface area contributed by atoms with E-state index in [-0.39, 0.29) is 35.8 Å². The van der Waals surface area contributed by atoms with Crippen molar-refractivity contribution in [3.05, 3.63) is 70.9 Å². The zero-order valence-corrected chi connectivity index (χ0v) is 24.0. The quantitative estimate of drug-likeness (QED) is 0.256. The molecule has 0 spiro atoms. The molecular formula is C33H35N5O5. The Morgan fingerprint density at radius 1 is 0.930 bits per heavy atom. The lowest BCUT2D eigenvalue weighted by atomic mass is 9.84. The Morgan fingerprint density at radius 3 is 2.56 bits per heavy atom. The topological polar surface area (TPSA) is 138 Å². The summed E-state index contributed by atoms with van der Waals surface area (Å²) < 4.78 is 0. The van der Waals surface area contributed by atoms with Gasteiger partial charge in [-0.3, -0.25) is 39.6 Å². The van der Waals surface area contributed by atoms with Crippen molar-refractivity contribution >= 4 is 46.1 Å². The molecule has 4 heterocycles. The summed E-state index contributed by atoms with van der Waals surface area (Å²) in [7, 11) is 0. The Morgan fingerprint density at radius 2 is 1.74 bits per heavy atom. The van der Waals surface area contributed by atoms with Crippen LogP contribution in [0.1, 0.15) is 95.0 Å². The summed E-state index contributed by atoms with van der Waals surface area (Å²) in [6, 6.07) is 13.7. The predicted octanol–water partition coefficient (Wildman–Crippen LogP) is 4.02. The van der Waals surface area contributed by atoms with Crippen LogP contribution in [0.2, 0.25) is 0 Å². The van der Waals surface area contributed by atoms with Gasteiger partial charge in [0.15, 0.2) is 0 Å². The maximum absolute atomic E-state index is 12.9. The first-order chi connectivity index (χ1) is 20.9. The van der Waals surface area contributed by atoms with Crippen LogP contribution in [0.3, 0.4) is 0 Å². The van der Waals surface area contributed by atoms with Crippen molar-refractivity contribution in [2.75, 3.05) is 25.0 Å². The molecule has 3 aromatic rings. The van der Waals surface area contributed by atoms with Crippen molar-refractivity contribution in [1.29, 1.82) is 0 Å². The van der Waals surface area contributed by atoms with Gasteiger partial charge in [0.2, 0.25) is 17.7 Å². The minimum absolute atomic E-state index is 0.168. The highest BCUT2D eigenvalue weighted by molar-refractivity contribution is 6.23. The number of nitrogens with one attached hydrogen (secondary N) is 3. The molecule has 1 aromatic heterocycles. The fourth-order valence-electron chi connectivity index (χ4n) is 6.50. The zero-order chi connectivity index (χ0) is 29.9. The number of para-hydroxylation sites is 1. The van der Waals surface area contributed by atoms with Gasteiger partial charge in [0.05, 0.1) is 22.6 Å². The zero-order valence-electron chi connectivity index (χ0n) is 24.0. The number of rotatable bonds is 9. The summed E-state index contributed by atoms with van der Waals surface area (Å²) in [5, 5.41) is 9.14. The number of pyridine rings is 1. The van der Waals surface area contributed by atoms with Crippen LogP contribution >= 0.6 is 0 Å². The van der Waals surface area contributed by atoms with E-state index in [1.807, 2.05) is 29.3 Å².